The quantitative estimate of drug-likeness (QED) is 0.322. The van der Waals surface area contributed by atoms with Crippen LogP contribution in [0.1, 0.15) is 39.4 Å². The maximum atomic E-state index is 12.4. The number of amides is 1. The summed E-state index contributed by atoms with van der Waals surface area (Å²) in [4.78, 5) is 43.8. The number of carboxylic acids is 2. The number of carboxylic acid groups (broad SMARTS) is 2. The van der Waals surface area contributed by atoms with E-state index in [1.807, 2.05) is 6.07 Å². The predicted octanol–water partition coefficient (Wildman–Crippen LogP) is 0.967. The number of thiophene rings is 1. The zero-order valence-electron chi connectivity index (χ0n) is 16.6. The fourth-order valence-corrected chi connectivity index (χ4v) is 4.33. The average molecular weight is 449 g/mol. The molecule has 166 valence electrons. The van der Waals surface area contributed by atoms with Gasteiger partial charge in [0.05, 0.1) is 4.88 Å². The second kappa shape index (κ2) is 9.60. The van der Waals surface area contributed by atoms with Crippen LogP contribution in [-0.4, -0.2) is 50.6 Å². The van der Waals surface area contributed by atoms with Crippen molar-refractivity contribution in [2.75, 3.05) is 23.3 Å². The molecule has 12 heteroatoms. The maximum Gasteiger partial charge on any atom is 0.326 e. The summed E-state index contributed by atoms with van der Waals surface area (Å²) in [6.07, 6.45) is 1.82. The van der Waals surface area contributed by atoms with Gasteiger partial charge in [-0.2, -0.15) is 9.97 Å². The lowest BCUT2D eigenvalue weighted by molar-refractivity contribution is -0.140. The van der Waals surface area contributed by atoms with E-state index in [4.69, 9.17) is 16.6 Å². The smallest absolute Gasteiger partial charge is 0.326 e. The molecule has 1 unspecified atom stereocenters. The Kier molecular flexibility index (Phi) is 6.90. The number of hydrogen-bond acceptors (Lipinski definition) is 9. The van der Waals surface area contributed by atoms with Gasteiger partial charge in [0, 0.05) is 23.4 Å². The highest BCUT2D eigenvalue weighted by Gasteiger charge is 2.24. The van der Waals surface area contributed by atoms with E-state index in [0.29, 0.717) is 22.4 Å². The number of aryl methyl sites for hydroxylation is 1. The Hall–Kier alpha value is -3.41. The van der Waals surface area contributed by atoms with E-state index in [-0.39, 0.29) is 18.8 Å². The van der Waals surface area contributed by atoms with Crippen LogP contribution in [0.2, 0.25) is 0 Å². The number of carbonyl (C=O) groups excluding carboxylic acids is 1. The van der Waals surface area contributed by atoms with Gasteiger partial charge in [0.25, 0.3) is 5.91 Å². The van der Waals surface area contributed by atoms with Gasteiger partial charge in [-0.1, -0.05) is 0 Å². The fourth-order valence-electron chi connectivity index (χ4n) is 3.41. The van der Waals surface area contributed by atoms with Crippen molar-refractivity contribution in [3.05, 3.63) is 27.5 Å². The number of nitrogens with two attached hydrogens (primary N) is 2. The van der Waals surface area contributed by atoms with Crippen molar-refractivity contribution in [2.45, 2.75) is 38.1 Å². The van der Waals surface area contributed by atoms with Gasteiger partial charge >= 0.3 is 11.9 Å². The zero-order chi connectivity index (χ0) is 22.5. The number of hydrogen-bond donors (Lipinski definition) is 6. The van der Waals surface area contributed by atoms with E-state index in [9.17, 15) is 19.5 Å². The van der Waals surface area contributed by atoms with Crippen LogP contribution in [0.3, 0.4) is 0 Å². The maximum absolute atomic E-state index is 12.4. The molecule has 0 aromatic carbocycles. The summed E-state index contributed by atoms with van der Waals surface area (Å²) in [6.45, 7) is 0.728. The summed E-state index contributed by atoms with van der Waals surface area (Å²) < 4.78 is 0. The molecule has 1 amide bonds. The minimum atomic E-state index is -1.26. The third kappa shape index (κ3) is 5.81. The molecule has 2 aromatic rings. The molecule has 1 aliphatic heterocycles. The number of aromatic nitrogens is 2. The first-order chi connectivity index (χ1) is 14.7. The van der Waals surface area contributed by atoms with Crippen molar-refractivity contribution >= 4 is 46.8 Å². The monoisotopic (exact) mass is 448 g/mol. The van der Waals surface area contributed by atoms with Crippen LogP contribution in [0, 0.1) is 5.92 Å². The normalized spacial score (nSPS) is 16.1. The van der Waals surface area contributed by atoms with Crippen molar-refractivity contribution in [1.82, 2.24) is 15.3 Å². The third-order valence-corrected chi connectivity index (χ3v) is 6.19. The number of aliphatic carboxylic acids is 2. The van der Waals surface area contributed by atoms with E-state index in [0.717, 1.165) is 36.2 Å². The summed E-state index contributed by atoms with van der Waals surface area (Å²) in [5.74, 6) is -1.40. The lowest BCUT2D eigenvalue weighted by Gasteiger charge is -2.26. The number of nitrogens with zero attached hydrogens (tertiary/aromatic N) is 2. The number of nitrogen functional groups attached to an aromatic ring is 2. The van der Waals surface area contributed by atoms with Crippen molar-refractivity contribution < 1.29 is 24.6 Å². The highest BCUT2D eigenvalue weighted by atomic mass is 32.1. The molecule has 0 bridgehead atoms. The molecule has 0 fully saturated rings. The van der Waals surface area contributed by atoms with Crippen LogP contribution in [0.4, 0.5) is 17.6 Å². The molecule has 3 rings (SSSR count). The van der Waals surface area contributed by atoms with E-state index in [2.05, 4.69) is 20.6 Å². The molecule has 1 aliphatic rings. The van der Waals surface area contributed by atoms with Crippen molar-refractivity contribution in [3.8, 4) is 0 Å². The van der Waals surface area contributed by atoms with Crippen LogP contribution in [-0.2, 0) is 22.4 Å². The summed E-state index contributed by atoms with van der Waals surface area (Å²) in [5, 5.41) is 23.5. The molecule has 2 aromatic heterocycles. The van der Waals surface area contributed by atoms with Gasteiger partial charge in [-0.15, -0.1) is 11.3 Å². The van der Waals surface area contributed by atoms with Crippen molar-refractivity contribution in [1.29, 1.82) is 0 Å². The molecule has 2 atom stereocenters. The molecular formula is C19H24N6O5S. The Morgan fingerprint density at radius 2 is 2.03 bits per heavy atom. The van der Waals surface area contributed by atoms with Gasteiger partial charge < -0.3 is 32.3 Å². The van der Waals surface area contributed by atoms with E-state index in [1.165, 1.54) is 11.3 Å². The number of carbonyl (C=O) groups is 3. The number of anilines is 3. The standard InChI is InChI=1S/C19H24N6O5S/c20-15-11-7-9(8-22-16(11)25-19(21)24-15)1-2-10-3-5-13(31-10)17(28)23-12(18(29)30)4-6-14(26)27/h3,5,9,12H,1-2,4,6-8H2,(H,23,28)(H,26,27)(H,29,30)(H5,20,21,22,24,25)/t9?,12-/m0/s1. The topological polar surface area (TPSA) is 194 Å². The fraction of sp³-hybridized carbons (Fsp3) is 0.421. The second-order valence-electron chi connectivity index (χ2n) is 7.35. The molecule has 0 radical (unpaired) electrons. The third-order valence-electron chi connectivity index (χ3n) is 5.04. The first kappa shape index (κ1) is 22.3. The average Bonchev–Trinajstić information content (AvgIpc) is 3.18. The van der Waals surface area contributed by atoms with Crippen molar-refractivity contribution in [2.24, 2.45) is 5.92 Å². The zero-order valence-corrected chi connectivity index (χ0v) is 17.4. The Morgan fingerprint density at radius 1 is 1.26 bits per heavy atom. The number of nitrogens with one attached hydrogen (secondary N) is 2. The Labute approximate surface area is 181 Å². The summed E-state index contributed by atoms with van der Waals surface area (Å²) in [5.41, 5.74) is 12.4. The molecule has 0 saturated carbocycles. The van der Waals surface area contributed by atoms with Crippen LogP contribution in [0.5, 0.6) is 0 Å². The first-order valence-corrected chi connectivity index (χ1v) is 10.5. The summed E-state index contributed by atoms with van der Waals surface area (Å²) in [7, 11) is 0. The molecular weight excluding hydrogens is 424 g/mol. The first-order valence-electron chi connectivity index (χ1n) is 9.72. The SMILES string of the molecule is Nc1nc(N)c2c(n1)NCC(CCc1ccc(C(=O)N[C@@H](CCC(=O)O)C(=O)O)s1)C2. The van der Waals surface area contributed by atoms with Gasteiger partial charge in [-0.05, 0) is 43.7 Å². The molecule has 8 N–H and O–H groups in total. The lowest BCUT2D eigenvalue weighted by Crippen LogP contribution is -2.40. The van der Waals surface area contributed by atoms with E-state index in [1.54, 1.807) is 6.07 Å². The summed E-state index contributed by atoms with van der Waals surface area (Å²) in [6, 6.07) is 2.24. The van der Waals surface area contributed by atoms with E-state index < -0.39 is 23.9 Å². The Morgan fingerprint density at radius 3 is 2.74 bits per heavy atom. The van der Waals surface area contributed by atoms with Gasteiger partial charge in [0.1, 0.15) is 17.7 Å². The molecule has 3 heterocycles. The van der Waals surface area contributed by atoms with Crippen LogP contribution in [0.25, 0.3) is 0 Å². The van der Waals surface area contributed by atoms with Crippen LogP contribution in [0.15, 0.2) is 12.1 Å². The second-order valence-corrected chi connectivity index (χ2v) is 8.51. The van der Waals surface area contributed by atoms with Gasteiger partial charge in [0.15, 0.2) is 0 Å². The Bertz CT molecular complexity index is 994. The number of fused-ring (bicyclic) bond motifs is 1. The predicted molar refractivity (Wildman–Crippen MR) is 115 cm³/mol. The minimum absolute atomic E-state index is 0.139. The minimum Gasteiger partial charge on any atom is -0.481 e. The highest BCUT2D eigenvalue weighted by Crippen LogP contribution is 2.30. The number of rotatable bonds is 9. The molecule has 31 heavy (non-hydrogen) atoms. The van der Waals surface area contributed by atoms with Gasteiger partial charge in [-0.3, -0.25) is 9.59 Å². The van der Waals surface area contributed by atoms with Gasteiger partial charge in [-0.25, -0.2) is 4.79 Å². The van der Waals surface area contributed by atoms with Crippen LogP contribution < -0.4 is 22.1 Å². The highest BCUT2D eigenvalue weighted by molar-refractivity contribution is 7.14. The molecule has 0 aliphatic carbocycles. The van der Waals surface area contributed by atoms with Crippen LogP contribution >= 0.6 is 11.3 Å². The molecule has 11 nitrogen and oxygen atoms in total. The molecule has 0 saturated heterocycles. The largest absolute Gasteiger partial charge is 0.481 e. The summed E-state index contributed by atoms with van der Waals surface area (Å²) >= 11 is 1.29. The molecule has 0 spiro atoms. The lowest BCUT2D eigenvalue weighted by atomic mass is 9.92. The van der Waals surface area contributed by atoms with Crippen molar-refractivity contribution in [3.63, 3.8) is 0 Å². The van der Waals surface area contributed by atoms with Gasteiger partial charge in [0.2, 0.25) is 5.95 Å². The Balaban J connectivity index is 1.54. The van der Waals surface area contributed by atoms with E-state index >= 15 is 0 Å².